The number of dihydropyridines is 1. The Bertz CT molecular complexity index is 273. The molecule has 10 heavy (non-hydrogen) atoms. The molecule has 0 aromatic rings. The highest BCUT2D eigenvalue weighted by molar-refractivity contribution is 5.84. The van der Waals surface area contributed by atoms with E-state index in [0.29, 0.717) is 0 Å². The number of hydrogen-bond acceptors (Lipinski definition) is 2. The largest absolute Gasteiger partial charge is 0.262 e. The van der Waals surface area contributed by atoms with E-state index in [0.717, 1.165) is 5.57 Å². The third-order valence-corrected chi connectivity index (χ3v) is 1.44. The Hall–Kier alpha value is -1.25. The lowest BCUT2D eigenvalue weighted by Gasteiger charge is -2.06. The Morgan fingerprint density at radius 2 is 2.30 bits per heavy atom. The van der Waals surface area contributed by atoms with Crippen molar-refractivity contribution in [3.8, 4) is 0 Å². The van der Waals surface area contributed by atoms with Crippen molar-refractivity contribution in [3.05, 3.63) is 23.6 Å². The normalized spacial score (nSPS) is 27.9. The molecule has 0 aromatic heterocycles. The summed E-state index contributed by atoms with van der Waals surface area (Å²) >= 11 is 0. The molecule has 1 atom stereocenters. The second kappa shape index (κ2) is 1.87. The highest BCUT2D eigenvalue weighted by Gasteiger charge is 2.15. The fourth-order valence-corrected chi connectivity index (χ4v) is 0.968. The molecule has 3 heteroatoms. The van der Waals surface area contributed by atoms with Gasteiger partial charge in [0.1, 0.15) is 5.83 Å². The van der Waals surface area contributed by atoms with Gasteiger partial charge < -0.3 is 0 Å². The van der Waals surface area contributed by atoms with Crippen LogP contribution in [0.1, 0.15) is 0 Å². The first-order valence-corrected chi connectivity index (χ1v) is 3.00. The summed E-state index contributed by atoms with van der Waals surface area (Å²) in [6.07, 6.45) is 5.89. The van der Waals surface area contributed by atoms with E-state index >= 15 is 0 Å². The molecule has 2 nitrogen and oxygen atoms in total. The molecule has 2 rings (SSSR count). The topological polar surface area (TPSA) is 24.7 Å². The van der Waals surface area contributed by atoms with E-state index in [9.17, 15) is 4.39 Å². The lowest BCUT2D eigenvalue weighted by Crippen LogP contribution is -2.04. The lowest BCUT2D eigenvalue weighted by molar-refractivity contribution is 0.672. The fraction of sp³-hybridized carbons (Fsp3) is 0.143. The minimum Gasteiger partial charge on any atom is -0.262 e. The first kappa shape index (κ1) is 5.53. The van der Waals surface area contributed by atoms with Gasteiger partial charge in [-0.15, -0.1) is 0 Å². The Kier molecular flexibility index (Phi) is 1.03. The van der Waals surface area contributed by atoms with Crippen molar-refractivity contribution in [1.82, 2.24) is 0 Å². The van der Waals surface area contributed by atoms with Crippen LogP contribution in [0, 0.1) is 0 Å². The average molecular weight is 136 g/mol. The molecule has 0 radical (unpaired) electrons. The van der Waals surface area contributed by atoms with Gasteiger partial charge in [-0.05, 0) is 12.2 Å². The van der Waals surface area contributed by atoms with Crippen LogP contribution in [0.2, 0.25) is 0 Å². The molecule has 0 bridgehead atoms. The summed E-state index contributed by atoms with van der Waals surface area (Å²) in [5.74, 6) is -0.298. The smallest absolute Gasteiger partial charge is 0.165 e. The standard InChI is InChI=1S/C7H5FN2/c8-6-3-5-1-2-9-7(5)10-4-6/h1-4,7H/t7-/m0/s1. The molecule has 2 heterocycles. The van der Waals surface area contributed by atoms with Gasteiger partial charge >= 0.3 is 0 Å². The SMILES string of the molecule is FC1=CC2=CC=N[C@H]2N=C1. The van der Waals surface area contributed by atoms with Crippen LogP contribution in [0.5, 0.6) is 0 Å². The number of fused-ring (bicyclic) bond motifs is 1. The fourth-order valence-electron chi connectivity index (χ4n) is 0.968. The zero-order chi connectivity index (χ0) is 6.97. The summed E-state index contributed by atoms with van der Waals surface area (Å²) in [4.78, 5) is 7.80. The van der Waals surface area contributed by atoms with Crippen molar-refractivity contribution in [2.75, 3.05) is 0 Å². The summed E-state index contributed by atoms with van der Waals surface area (Å²) in [6.45, 7) is 0. The molecule has 0 amide bonds. The van der Waals surface area contributed by atoms with Crippen LogP contribution in [0.15, 0.2) is 33.5 Å². The zero-order valence-electron chi connectivity index (χ0n) is 5.16. The van der Waals surface area contributed by atoms with E-state index in [1.807, 2.05) is 0 Å². The Balaban J connectivity index is 2.39. The second-order valence-corrected chi connectivity index (χ2v) is 2.15. The molecule has 0 N–H and O–H groups in total. The zero-order valence-corrected chi connectivity index (χ0v) is 5.16. The number of rotatable bonds is 0. The Morgan fingerprint density at radius 1 is 1.40 bits per heavy atom. The summed E-state index contributed by atoms with van der Waals surface area (Å²) < 4.78 is 12.4. The van der Waals surface area contributed by atoms with Gasteiger partial charge in [0, 0.05) is 11.8 Å². The van der Waals surface area contributed by atoms with Crippen LogP contribution in [-0.4, -0.2) is 18.6 Å². The maximum Gasteiger partial charge on any atom is 0.165 e. The molecule has 0 unspecified atom stereocenters. The second-order valence-electron chi connectivity index (χ2n) is 2.15. The molecule has 50 valence electrons. The summed E-state index contributed by atoms with van der Waals surface area (Å²) in [5, 5.41) is 0. The molecule has 0 saturated carbocycles. The first-order chi connectivity index (χ1) is 4.86. The molecule has 2 aliphatic heterocycles. The van der Waals surface area contributed by atoms with Crippen molar-refractivity contribution < 1.29 is 4.39 Å². The minimum atomic E-state index is -0.298. The molecular formula is C7H5FN2. The van der Waals surface area contributed by atoms with Crippen molar-refractivity contribution >= 4 is 12.4 Å². The van der Waals surface area contributed by atoms with Gasteiger partial charge in [0.2, 0.25) is 0 Å². The third-order valence-electron chi connectivity index (χ3n) is 1.44. The van der Waals surface area contributed by atoms with E-state index in [1.54, 1.807) is 12.3 Å². The van der Waals surface area contributed by atoms with Gasteiger partial charge in [0.15, 0.2) is 6.17 Å². The van der Waals surface area contributed by atoms with Gasteiger partial charge in [-0.3, -0.25) is 9.98 Å². The predicted molar refractivity (Wildman–Crippen MR) is 38.0 cm³/mol. The quantitative estimate of drug-likeness (QED) is 0.479. The number of aliphatic imine (C=N–C) groups is 2. The minimum absolute atomic E-state index is 0.167. The van der Waals surface area contributed by atoms with Crippen molar-refractivity contribution in [1.29, 1.82) is 0 Å². The summed E-state index contributed by atoms with van der Waals surface area (Å²) in [7, 11) is 0. The highest BCUT2D eigenvalue weighted by atomic mass is 19.1. The molecule has 0 aromatic carbocycles. The number of allylic oxidation sites excluding steroid dienone is 2. The first-order valence-electron chi connectivity index (χ1n) is 3.00. The molecule has 0 aliphatic carbocycles. The van der Waals surface area contributed by atoms with Crippen LogP contribution >= 0.6 is 0 Å². The number of hydrogen-bond donors (Lipinski definition) is 0. The summed E-state index contributed by atoms with van der Waals surface area (Å²) in [5.41, 5.74) is 0.833. The van der Waals surface area contributed by atoms with Crippen LogP contribution in [-0.2, 0) is 0 Å². The number of nitrogens with zero attached hydrogens (tertiary/aromatic N) is 2. The maximum atomic E-state index is 12.4. The van der Waals surface area contributed by atoms with Crippen molar-refractivity contribution in [2.24, 2.45) is 9.98 Å². The van der Waals surface area contributed by atoms with Gasteiger partial charge in [0.05, 0.1) is 6.21 Å². The van der Waals surface area contributed by atoms with Crippen molar-refractivity contribution in [3.63, 3.8) is 0 Å². The van der Waals surface area contributed by atoms with Crippen LogP contribution in [0.3, 0.4) is 0 Å². The van der Waals surface area contributed by atoms with E-state index in [4.69, 9.17) is 0 Å². The van der Waals surface area contributed by atoms with Gasteiger partial charge in [-0.1, -0.05) is 0 Å². The van der Waals surface area contributed by atoms with E-state index < -0.39 is 0 Å². The molecule has 0 spiro atoms. The molecular weight excluding hydrogens is 131 g/mol. The molecule has 2 aliphatic rings. The van der Waals surface area contributed by atoms with E-state index in [1.165, 1.54) is 12.3 Å². The van der Waals surface area contributed by atoms with E-state index in [2.05, 4.69) is 9.98 Å². The monoisotopic (exact) mass is 136 g/mol. The predicted octanol–water partition coefficient (Wildman–Crippen LogP) is 1.26. The average Bonchev–Trinajstić information content (AvgIpc) is 2.33. The number of halogens is 1. The molecule has 0 fully saturated rings. The van der Waals surface area contributed by atoms with Crippen LogP contribution in [0.4, 0.5) is 4.39 Å². The van der Waals surface area contributed by atoms with Crippen LogP contribution in [0.25, 0.3) is 0 Å². The van der Waals surface area contributed by atoms with Gasteiger partial charge in [0.25, 0.3) is 0 Å². The van der Waals surface area contributed by atoms with Crippen LogP contribution < -0.4 is 0 Å². The van der Waals surface area contributed by atoms with Gasteiger partial charge in [-0.2, -0.15) is 0 Å². The maximum absolute atomic E-state index is 12.4. The van der Waals surface area contributed by atoms with E-state index in [-0.39, 0.29) is 12.0 Å². The summed E-state index contributed by atoms with van der Waals surface area (Å²) in [6, 6.07) is 0. The third kappa shape index (κ3) is 0.708. The van der Waals surface area contributed by atoms with Crippen molar-refractivity contribution in [2.45, 2.75) is 6.17 Å². The highest BCUT2D eigenvalue weighted by Crippen LogP contribution is 2.19. The lowest BCUT2D eigenvalue weighted by atomic mass is 10.2. The Morgan fingerprint density at radius 3 is 3.20 bits per heavy atom. The van der Waals surface area contributed by atoms with Gasteiger partial charge in [-0.25, -0.2) is 4.39 Å². The molecule has 0 saturated heterocycles. The Labute approximate surface area is 57.5 Å².